The van der Waals surface area contributed by atoms with Gasteiger partial charge in [-0.05, 0) is 45.3 Å². The second-order valence-corrected chi connectivity index (χ2v) is 5.36. The second-order valence-electron chi connectivity index (χ2n) is 5.36. The predicted octanol–water partition coefficient (Wildman–Crippen LogP) is -0.147. The highest BCUT2D eigenvalue weighted by Gasteiger charge is 2.16. The topological polar surface area (TPSA) is 102 Å². The molecule has 1 atom stereocenters. The van der Waals surface area contributed by atoms with Crippen molar-refractivity contribution >= 4 is 12.0 Å². The van der Waals surface area contributed by atoms with Crippen LogP contribution in [0.3, 0.4) is 0 Å². The first kappa shape index (κ1) is 16.7. The van der Waals surface area contributed by atoms with E-state index < -0.39 is 12.1 Å². The summed E-state index contributed by atoms with van der Waals surface area (Å²) >= 11 is 0. The monoisotopic (exact) mass is 287 g/mol. The third kappa shape index (κ3) is 6.72. The van der Waals surface area contributed by atoms with Crippen molar-refractivity contribution in [3.63, 3.8) is 0 Å². The van der Waals surface area contributed by atoms with Crippen LogP contribution in [-0.2, 0) is 4.79 Å². The Morgan fingerprint density at radius 2 is 1.85 bits per heavy atom. The molecule has 4 N–H and O–H groups in total. The summed E-state index contributed by atoms with van der Waals surface area (Å²) in [7, 11) is 2.12. The maximum Gasteiger partial charge on any atom is 0.332 e. The summed E-state index contributed by atoms with van der Waals surface area (Å²) in [5.74, 6) is -0.602. The van der Waals surface area contributed by atoms with Crippen molar-refractivity contribution in [2.45, 2.75) is 31.8 Å². The van der Waals surface area contributed by atoms with E-state index in [1.807, 2.05) is 0 Å². The van der Waals surface area contributed by atoms with Gasteiger partial charge in [-0.2, -0.15) is 0 Å². The lowest BCUT2D eigenvalue weighted by atomic mass is 9.94. The zero-order chi connectivity index (χ0) is 15.0. The highest BCUT2D eigenvalue weighted by Crippen LogP contribution is 2.18. The van der Waals surface area contributed by atoms with Crippen molar-refractivity contribution in [3.8, 4) is 0 Å². The molecule has 1 heterocycles. The van der Waals surface area contributed by atoms with Crippen LogP contribution in [-0.4, -0.2) is 66.4 Å². The van der Waals surface area contributed by atoms with E-state index in [0.29, 0.717) is 12.5 Å². The second kappa shape index (κ2) is 8.76. The SMILES string of the molecule is CN1CCC(CCNC(=O)NCCC(O)C(=O)O)CC1. The van der Waals surface area contributed by atoms with E-state index in [-0.39, 0.29) is 19.0 Å². The lowest BCUT2D eigenvalue weighted by Gasteiger charge is -2.28. The van der Waals surface area contributed by atoms with Gasteiger partial charge in [-0.15, -0.1) is 0 Å². The van der Waals surface area contributed by atoms with Crippen LogP contribution in [0.1, 0.15) is 25.7 Å². The predicted molar refractivity (Wildman–Crippen MR) is 74.5 cm³/mol. The fourth-order valence-corrected chi connectivity index (χ4v) is 2.25. The Bertz CT molecular complexity index is 317. The van der Waals surface area contributed by atoms with E-state index in [4.69, 9.17) is 10.2 Å². The van der Waals surface area contributed by atoms with E-state index in [9.17, 15) is 9.59 Å². The number of nitrogens with zero attached hydrogens (tertiary/aromatic N) is 1. The van der Waals surface area contributed by atoms with Crippen molar-refractivity contribution in [3.05, 3.63) is 0 Å². The number of urea groups is 1. The summed E-state index contributed by atoms with van der Waals surface area (Å²) in [4.78, 5) is 24.1. The van der Waals surface area contributed by atoms with Crippen LogP contribution in [0.4, 0.5) is 4.79 Å². The van der Waals surface area contributed by atoms with Crippen molar-refractivity contribution in [1.82, 2.24) is 15.5 Å². The summed E-state index contributed by atoms with van der Waals surface area (Å²) in [6, 6.07) is -0.310. The van der Waals surface area contributed by atoms with Gasteiger partial charge in [-0.1, -0.05) is 0 Å². The normalized spacial score (nSPS) is 18.5. The molecule has 116 valence electrons. The Morgan fingerprint density at radius 3 is 2.45 bits per heavy atom. The fraction of sp³-hybridized carbons (Fsp3) is 0.846. The lowest BCUT2D eigenvalue weighted by Crippen LogP contribution is -2.39. The molecule has 2 amide bonds. The number of carboxylic acids is 1. The third-order valence-corrected chi connectivity index (χ3v) is 3.66. The number of piperidine rings is 1. The van der Waals surface area contributed by atoms with Crippen molar-refractivity contribution in [2.75, 3.05) is 33.2 Å². The van der Waals surface area contributed by atoms with Gasteiger partial charge in [0.15, 0.2) is 6.10 Å². The van der Waals surface area contributed by atoms with Gasteiger partial charge >= 0.3 is 12.0 Å². The number of aliphatic carboxylic acids is 1. The van der Waals surface area contributed by atoms with Gasteiger partial charge in [0, 0.05) is 19.5 Å². The minimum absolute atomic E-state index is 0.0116. The number of rotatable bonds is 7. The maximum atomic E-state index is 11.4. The van der Waals surface area contributed by atoms with Gasteiger partial charge in [-0.3, -0.25) is 0 Å². The number of hydrogen-bond donors (Lipinski definition) is 4. The van der Waals surface area contributed by atoms with Gasteiger partial charge in [0.2, 0.25) is 0 Å². The van der Waals surface area contributed by atoms with Gasteiger partial charge in [0.05, 0.1) is 0 Å². The molecule has 0 aromatic heterocycles. The van der Waals surface area contributed by atoms with Crippen LogP contribution in [0.15, 0.2) is 0 Å². The van der Waals surface area contributed by atoms with Crippen LogP contribution in [0.25, 0.3) is 0 Å². The Hall–Kier alpha value is -1.34. The van der Waals surface area contributed by atoms with Crippen LogP contribution < -0.4 is 10.6 Å². The lowest BCUT2D eigenvalue weighted by molar-refractivity contribution is -0.146. The van der Waals surface area contributed by atoms with Gasteiger partial charge in [0.25, 0.3) is 0 Å². The van der Waals surface area contributed by atoms with Crippen molar-refractivity contribution in [2.24, 2.45) is 5.92 Å². The van der Waals surface area contributed by atoms with Crippen LogP contribution in [0, 0.1) is 5.92 Å². The molecule has 1 saturated heterocycles. The number of hydrogen-bond acceptors (Lipinski definition) is 4. The molecule has 1 unspecified atom stereocenters. The maximum absolute atomic E-state index is 11.4. The zero-order valence-electron chi connectivity index (χ0n) is 12.0. The molecule has 20 heavy (non-hydrogen) atoms. The van der Waals surface area contributed by atoms with E-state index in [1.165, 1.54) is 12.8 Å². The standard InChI is InChI=1S/C13H25N3O4/c1-16-8-4-10(5-9-16)2-6-14-13(20)15-7-3-11(17)12(18)19/h10-11,17H,2-9H2,1H3,(H,18,19)(H2,14,15,20). The Labute approximate surface area is 119 Å². The Kier molecular flexibility index (Phi) is 7.32. The molecule has 7 heteroatoms. The minimum atomic E-state index is -1.42. The average molecular weight is 287 g/mol. The van der Waals surface area contributed by atoms with E-state index in [0.717, 1.165) is 19.5 Å². The number of carbonyl (C=O) groups excluding carboxylic acids is 1. The summed E-state index contributed by atoms with van der Waals surface area (Å²) < 4.78 is 0. The number of nitrogens with one attached hydrogen (secondary N) is 2. The summed E-state index contributed by atoms with van der Waals surface area (Å²) in [6.45, 7) is 3.00. The highest BCUT2D eigenvalue weighted by molar-refractivity contribution is 5.74. The summed E-state index contributed by atoms with van der Waals surface area (Å²) in [6.07, 6.45) is 1.90. The van der Waals surface area contributed by atoms with Crippen molar-refractivity contribution < 1.29 is 19.8 Å². The van der Waals surface area contributed by atoms with Gasteiger partial charge in [-0.25, -0.2) is 9.59 Å². The van der Waals surface area contributed by atoms with Crippen LogP contribution in [0.2, 0.25) is 0 Å². The molecule has 0 saturated carbocycles. The fourth-order valence-electron chi connectivity index (χ4n) is 2.25. The van der Waals surface area contributed by atoms with Gasteiger partial charge in [0.1, 0.15) is 0 Å². The molecule has 1 aliphatic rings. The zero-order valence-corrected chi connectivity index (χ0v) is 12.0. The molecule has 0 spiro atoms. The molecular weight excluding hydrogens is 262 g/mol. The number of amides is 2. The molecule has 0 radical (unpaired) electrons. The van der Waals surface area contributed by atoms with E-state index in [1.54, 1.807) is 0 Å². The third-order valence-electron chi connectivity index (χ3n) is 3.66. The first-order chi connectivity index (χ1) is 9.49. The summed E-state index contributed by atoms with van der Waals surface area (Å²) in [5.41, 5.74) is 0. The quantitative estimate of drug-likeness (QED) is 0.522. The number of carboxylic acid groups (broad SMARTS) is 1. The molecule has 1 rings (SSSR count). The molecule has 1 fully saturated rings. The summed E-state index contributed by atoms with van der Waals surface area (Å²) in [5, 5.41) is 22.8. The van der Waals surface area contributed by atoms with Crippen LogP contribution >= 0.6 is 0 Å². The minimum Gasteiger partial charge on any atom is -0.479 e. The first-order valence-corrected chi connectivity index (χ1v) is 7.10. The molecule has 0 aromatic carbocycles. The Balaban J connectivity index is 2.01. The smallest absolute Gasteiger partial charge is 0.332 e. The van der Waals surface area contributed by atoms with Gasteiger partial charge < -0.3 is 25.7 Å². The number of aliphatic hydroxyl groups is 1. The molecule has 0 bridgehead atoms. The molecule has 0 aromatic rings. The largest absolute Gasteiger partial charge is 0.479 e. The molecule has 7 nitrogen and oxygen atoms in total. The number of carbonyl (C=O) groups is 2. The van der Waals surface area contributed by atoms with Crippen molar-refractivity contribution in [1.29, 1.82) is 0 Å². The average Bonchev–Trinajstić information content (AvgIpc) is 2.40. The van der Waals surface area contributed by atoms with E-state index >= 15 is 0 Å². The highest BCUT2D eigenvalue weighted by atomic mass is 16.4. The first-order valence-electron chi connectivity index (χ1n) is 7.10. The number of likely N-dealkylation sites (tertiary alicyclic amines) is 1. The number of aliphatic hydroxyl groups excluding tert-OH is 1. The Morgan fingerprint density at radius 1 is 1.25 bits per heavy atom. The van der Waals surface area contributed by atoms with E-state index in [2.05, 4.69) is 22.6 Å². The molecule has 1 aliphatic heterocycles. The van der Waals surface area contributed by atoms with Crippen LogP contribution in [0.5, 0.6) is 0 Å². The molecular formula is C13H25N3O4. The molecule has 0 aliphatic carbocycles.